The number of rotatable bonds is 7. The number of aryl methyl sites for hydroxylation is 1. The van der Waals surface area contributed by atoms with Crippen LogP contribution >= 0.6 is 23.5 Å². The summed E-state index contributed by atoms with van der Waals surface area (Å²) in [7, 11) is 1.28. The average Bonchev–Trinajstić information content (AvgIpc) is 3.27. The summed E-state index contributed by atoms with van der Waals surface area (Å²) < 4.78 is 16.0. The maximum absolute atomic E-state index is 12.7. The summed E-state index contributed by atoms with van der Waals surface area (Å²) in [6.07, 6.45) is 1.61. The normalized spacial score (nSPS) is 13.5. The van der Waals surface area contributed by atoms with E-state index < -0.39 is 17.9 Å². The van der Waals surface area contributed by atoms with Crippen LogP contribution in [0.2, 0.25) is 0 Å². The first-order valence-electron chi connectivity index (χ1n) is 10.1. The third-order valence-corrected chi connectivity index (χ3v) is 7.36. The zero-order valence-electron chi connectivity index (χ0n) is 18.3. The minimum atomic E-state index is -0.650. The van der Waals surface area contributed by atoms with E-state index in [0.717, 1.165) is 23.3 Å². The van der Waals surface area contributed by atoms with E-state index in [-0.39, 0.29) is 17.9 Å². The lowest BCUT2D eigenvalue weighted by atomic mass is 10.1. The highest BCUT2D eigenvalue weighted by Gasteiger charge is 2.30. The molecule has 33 heavy (non-hydrogen) atoms. The second-order valence-corrected chi connectivity index (χ2v) is 9.24. The summed E-state index contributed by atoms with van der Waals surface area (Å²) in [5, 5.41) is 0. The fourth-order valence-electron chi connectivity index (χ4n) is 2.82. The van der Waals surface area contributed by atoms with Gasteiger partial charge in [0.15, 0.2) is 0 Å². The zero-order chi connectivity index (χ0) is 24.0. The van der Waals surface area contributed by atoms with Gasteiger partial charge >= 0.3 is 17.9 Å². The van der Waals surface area contributed by atoms with E-state index in [1.54, 1.807) is 6.07 Å². The number of ether oxygens (including phenoxy) is 3. The second kappa shape index (κ2) is 11.1. The van der Waals surface area contributed by atoms with Crippen LogP contribution in [-0.4, -0.2) is 31.6 Å². The van der Waals surface area contributed by atoms with Crippen LogP contribution in [0.3, 0.4) is 0 Å². The van der Waals surface area contributed by atoms with Crippen molar-refractivity contribution in [2.75, 3.05) is 13.7 Å². The van der Waals surface area contributed by atoms with Crippen LogP contribution in [0.4, 0.5) is 0 Å². The van der Waals surface area contributed by atoms with Gasteiger partial charge in [-0.1, -0.05) is 42.9 Å². The van der Waals surface area contributed by atoms with Gasteiger partial charge in [0.25, 0.3) is 5.70 Å². The van der Waals surface area contributed by atoms with Crippen molar-refractivity contribution in [2.45, 2.75) is 36.5 Å². The smallest absolute Gasteiger partial charge is 0.343 e. The minimum absolute atomic E-state index is 0.0765. The molecular weight excluding hydrogens is 462 g/mol. The van der Waals surface area contributed by atoms with Crippen LogP contribution in [0.1, 0.15) is 46.0 Å². The van der Waals surface area contributed by atoms with E-state index >= 15 is 0 Å². The Bertz CT molecular complexity index is 1160. The van der Waals surface area contributed by atoms with Crippen LogP contribution in [0.25, 0.3) is 4.85 Å². The summed E-state index contributed by atoms with van der Waals surface area (Å²) in [4.78, 5) is 41.5. The monoisotopic (exact) mass is 483 g/mol. The Labute approximate surface area is 200 Å². The number of unbranched alkanes of at least 4 members (excludes halogenated alkanes) is 1. The van der Waals surface area contributed by atoms with Crippen molar-refractivity contribution in [2.24, 2.45) is 0 Å². The maximum atomic E-state index is 12.7. The fourth-order valence-corrected chi connectivity index (χ4v) is 5.45. The highest BCUT2D eigenvalue weighted by atomic mass is 32.2. The molecule has 0 aliphatic carbocycles. The number of hydrogen-bond acceptors (Lipinski definition) is 8. The predicted octanol–water partition coefficient (Wildman–Crippen LogP) is 5.63. The Kier molecular flexibility index (Phi) is 8.20. The summed E-state index contributed by atoms with van der Waals surface area (Å²) in [5.74, 6) is -1.41. The molecule has 1 aliphatic heterocycles. The number of benzene rings is 2. The molecule has 170 valence electrons. The number of hydrogen-bond donors (Lipinski definition) is 0. The first-order chi connectivity index (χ1) is 15.9. The zero-order valence-corrected chi connectivity index (χ0v) is 19.9. The van der Waals surface area contributed by atoms with Crippen LogP contribution in [0.5, 0.6) is 5.75 Å². The number of carbonyl (C=O) groups is 3. The lowest BCUT2D eigenvalue weighted by molar-refractivity contribution is -0.138. The number of carbonyl (C=O) groups excluding carboxylic acids is 3. The van der Waals surface area contributed by atoms with Crippen molar-refractivity contribution in [3.63, 3.8) is 0 Å². The lowest BCUT2D eigenvalue weighted by Gasteiger charge is -2.10. The second-order valence-electron chi connectivity index (χ2n) is 6.94. The van der Waals surface area contributed by atoms with Gasteiger partial charge < -0.3 is 14.2 Å². The van der Waals surface area contributed by atoms with E-state index in [0.29, 0.717) is 20.4 Å². The van der Waals surface area contributed by atoms with E-state index in [9.17, 15) is 14.4 Å². The van der Waals surface area contributed by atoms with Gasteiger partial charge in [-0.15, -0.1) is 0 Å². The highest BCUT2D eigenvalue weighted by molar-refractivity contribution is 8.24. The van der Waals surface area contributed by atoms with Crippen LogP contribution in [0.15, 0.2) is 56.1 Å². The molecule has 0 amide bonds. The topological polar surface area (TPSA) is 83.3 Å². The molecular formula is C24H21NO6S2. The van der Waals surface area contributed by atoms with Gasteiger partial charge in [-0.2, -0.15) is 0 Å². The van der Waals surface area contributed by atoms with Gasteiger partial charge in [-0.25, -0.2) is 14.4 Å². The number of methoxy groups -OCH3 is 1. The molecule has 0 unspecified atom stereocenters. The Balaban J connectivity index is 1.83. The number of nitrogens with zero attached hydrogens (tertiary/aromatic N) is 1. The van der Waals surface area contributed by atoms with E-state index in [2.05, 4.69) is 9.58 Å². The van der Waals surface area contributed by atoms with Gasteiger partial charge in [0, 0.05) is 4.90 Å². The first-order valence-corrected chi connectivity index (χ1v) is 11.7. The molecule has 0 saturated heterocycles. The van der Waals surface area contributed by atoms with Gasteiger partial charge in [-0.3, -0.25) is 4.79 Å². The number of thioether (sulfide) groups is 2. The summed E-state index contributed by atoms with van der Waals surface area (Å²) in [5.41, 5.74) is 1.45. The number of esters is 3. The van der Waals surface area contributed by atoms with E-state index in [1.807, 2.05) is 19.9 Å². The molecule has 0 radical (unpaired) electrons. The highest BCUT2D eigenvalue weighted by Crippen LogP contribution is 2.57. The molecule has 3 rings (SSSR count). The largest absolute Gasteiger partial charge is 0.471 e. The molecule has 0 bridgehead atoms. The third kappa shape index (κ3) is 5.59. The van der Waals surface area contributed by atoms with Crippen molar-refractivity contribution >= 4 is 41.4 Å². The van der Waals surface area contributed by atoms with Crippen molar-refractivity contribution in [3.8, 4) is 5.75 Å². The molecule has 0 spiro atoms. The standard InChI is InChI=1S/C24H21NO6S2/c1-5-6-13-30-23(28)18(25-3)24-32-19-14(2)7-12-17(20(19)33-24)31-22(27)16-10-8-15(9-11-16)21(26)29-4/h7-12H,5-6,13H2,1-2,4H3/b24-18+. The minimum Gasteiger partial charge on any atom is -0.471 e. The Hall–Kier alpha value is -3.22. The Morgan fingerprint density at radius 2 is 1.61 bits per heavy atom. The predicted molar refractivity (Wildman–Crippen MR) is 125 cm³/mol. The van der Waals surface area contributed by atoms with Crippen molar-refractivity contribution < 1.29 is 28.6 Å². The molecule has 1 aliphatic rings. The maximum Gasteiger partial charge on any atom is 0.343 e. The van der Waals surface area contributed by atoms with Crippen molar-refractivity contribution in [1.82, 2.24) is 0 Å². The van der Waals surface area contributed by atoms with Crippen molar-refractivity contribution in [3.05, 3.63) is 74.4 Å². The Morgan fingerprint density at radius 1 is 0.970 bits per heavy atom. The molecule has 0 saturated carbocycles. The lowest BCUT2D eigenvalue weighted by Crippen LogP contribution is -2.10. The molecule has 0 N–H and O–H groups in total. The molecule has 2 aromatic rings. The van der Waals surface area contributed by atoms with E-state index in [4.69, 9.17) is 16.0 Å². The third-order valence-electron chi connectivity index (χ3n) is 4.64. The SMILES string of the molecule is [C-]#[N+]/C(C(=O)OCCCC)=C1\Sc2c(C)ccc(OC(=O)c3ccc(C(=O)OC)cc3)c2S1. The molecule has 7 nitrogen and oxygen atoms in total. The Morgan fingerprint density at radius 3 is 2.21 bits per heavy atom. The summed E-state index contributed by atoms with van der Waals surface area (Å²) in [6, 6.07) is 9.44. The van der Waals surface area contributed by atoms with Gasteiger partial charge in [-0.05, 0) is 49.2 Å². The quantitative estimate of drug-likeness (QED) is 0.165. The summed E-state index contributed by atoms with van der Waals surface area (Å²) >= 11 is 2.51. The average molecular weight is 484 g/mol. The molecule has 0 atom stereocenters. The van der Waals surface area contributed by atoms with Gasteiger partial charge in [0.1, 0.15) is 5.75 Å². The molecule has 9 heteroatoms. The van der Waals surface area contributed by atoms with Gasteiger partial charge in [0.2, 0.25) is 0 Å². The molecule has 1 heterocycles. The first kappa shape index (κ1) is 24.4. The van der Waals surface area contributed by atoms with Crippen molar-refractivity contribution in [1.29, 1.82) is 0 Å². The van der Waals surface area contributed by atoms with Crippen LogP contribution in [-0.2, 0) is 14.3 Å². The molecule has 0 aromatic heterocycles. The summed E-state index contributed by atoms with van der Waals surface area (Å²) in [6.45, 7) is 11.6. The van der Waals surface area contributed by atoms with E-state index in [1.165, 1.54) is 54.9 Å². The van der Waals surface area contributed by atoms with Crippen LogP contribution < -0.4 is 4.74 Å². The fraction of sp³-hybridized carbons (Fsp3) is 0.250. The van der Waals surface area contributed by atoms with Crippen LogP contribution in [0, 0.1) is 13.5 Å². The molecule has 2 aromatic carbocycles. The number of fused-ring (bicyclic) bond motifs is 1. The van der Waals surface area contributed by atoms with Gasteiger partial charge in [0.05, 0.1) is 40.5 Å². The molecule has 0 fully saturated rings.